The normalized spacial score (nSPS) is 11.1. The Hall–Kier alpha value is -2.48. The highest BCUT2D eigenvalue weighted by molar-refractivity contribution is 7.90. The van der Waals surface area contributed by atoms with Crippen molar-refractivity contribution in [2.45, 2.75) is 17.6 Å². The number of pyridine rings is 1. The number of nitro groups is 1. The van der Waals surface area contributed by atoms with Gasteiger partial charge in [-0.3, -0.25) is 15.1 Å². The number of nitrogens with zero attached hydrogens (tertiary/aromatic N) is 2. The van der Waals surface area contributed by atoms with E-state index in [0.29, 0.717) is 0 Å². The van der Waals surface area contributed by atoms with Crippen molar-refractivity contribution >= 4 is 15.5 Å². The van der Waals surface area contributed by atoms with E-state index >= 15 is 0 Å². The van der Waals surface area contributed by atoms with Gasteiger partial charge in [-0.1, -0.05) is 18.2 Å². The first-order chi connectivity index (χ1) is 10.5. The SMILES string of the molecule is CCOc1ccnc(CS(=O)(=O)c2ccccc2)c1[N+](=O)[O-]. The standard InChI is InChI=1S/C14H14N2O5S/c1-2-21-13-8-9-15-12(14(13)16(17)18)10-22(19,20)11-6-4-3-5-7-11/h3-9H,2,10H2,1H3. The van der Waals surface area contributed by atoms with Gasteiger partial charge in [-0.25, -0.2) is 8.42 Å². The fourth-order valence-corrected chi connectivity index (χ4v) is 3.25. The van der Waals surface area contributed by atoms with Gasteiger partial charge in [0.1, 0.15) is 11.4 Å². The molecule has 116 valence electrons. The minimum absolute atomic E-state index is 0.0146. The quantitative estimate of drug-likeness (QED) is 0.598. The monoisotopic (exact) mass is 322 g/mol. The maximum absolute atomic E-state index is 12.3. The molecule has 0 radical (unpaired) electrons. The molecule has 2 rings (SSSR count). The van der Waals surface area contributed by atoms with Gasteiger partial charge in [-0.15, -0.1) is 0 Å². The fraction of sp³-hybridized carbons (Fsp3) is 0.214. The van der Waals surface area contributed by atoms with Crippen molar-refractivity contribution in [2.75, 3.05) is 6.61 Å². The van der Waals surface area contributed by atoms with Crippen molar-refractivity contribution in [1.82, 2.24) is 4.98 Å². The molecule has 0 aliphatic carbocycles. The van der Waals surface area contributed by atoms with Crippen molar-refractivity contribution in [1.29, 1.82) is 0 Å². The Balaban J connectivity index is 2.46. The lowest BCUT2D eigenvalue weighted by Gasteiger charge is -2.08. The van der Waals surface area contributed by atoms with Gasteiger partial charge >= 0.3 is 5.69 Å². The summed E-state index contributed by atoms with van der Waals surface area (Å²) < 4.78 is 29.9. The number of sulfone groups is 1. The smallest absolute Gasteiger partial charge is 0.333 e. The third-order valence-electron chi connectivity index (χ3n) is 2.87. The minimum atomic E-state index is -3.72. The number of aromatic nitrogens is 1. The predicted octanol–water partition coefficient (Wildman–Crippen LogP) is 2.36. The topological polar surface area (TPSA) is 99.4 Å². The van der Waals surface area contributed by atoms with Gasteiger partial charge in [-0.05, 0) is 19.1 Å². The van der Waals surface area contributed by atoms with Crippen LogP contribution in [-0.4, -0.2) is 24.9 Å². The van der Waals surface area contributed by atoms with Crippen LogP contribution in [0, 0.1) is 10.1 Å². The summed E-state index contributed by atoms with van der Waals surface area (Å²) in [5, 5.41) is 11.2. The molecule has 7 nitrogen and oxygen atoms in total. The van der Waals surface area contributed by atoms with Crippen LogP contribution in [0.15, 0.2) is 47.5 Å². The number of hydrogen-bond donors (Lipinski definition) is 0. The highest BCUT2D eigenvalue weighted by Gasteiger charge is 2.27. The van der Waals surface area contributed by atoms with Crippen LogP contribution in [0.2, 0.25) is 0 Å². The van der Waals surface area contributed by atoms with Crippen LogP contribution >= 0.6 is 0 Å². The van der Waals surface area contributed by atoms with Gasteiger partial charge in [0, 0.05) is 12.3 Å². The maximum Gasteiger partial charge on any atom is 0.333 e. The van der Waals surface area contributed by atoms with E-state index in [1.165, 1.54) is 24.4 Å². The number of hydrogen-bond acceptors (Lipinski definition) is 6. The molecule has 22 heavy (non-hydrogen) atoms. The Kier molecular flexibility index (Phi) is 4.71. The van der Waals surface area contributed by atoms with Crippen LogP contribution in [0.3, 0.4) is 0 Å². The molecule has 0 N–H and O–H groups in total. The first-order valence-corrected chi connectivity index (χ1v) is 8.14. The van der Waals surface area contributed by atoms with E-state index in [-0.39, 0.29) is 22.9 Å². The largest absolute Gasteiger partial charge is 0.487 e. The average Bonchev–Trinajstić information content (AvgIpc) is 2.48. The summed E-state index contributed by atoms with van der Waals surface area (Å²) in [4.78, 5) is 14.5. The van der Waals surface area contributed by atoms with E-state index in [1.54, 1.807) is 25.1 Å². The van der Waals surface area contributed by atoms with Gasteiger partial charge in [0.05, 0.1) is 16.4 Å². The van der Waals surface area contributed by atoms with Crippen LogP contribution in [0.5, 0.6) is 5.75 Å². The van der Waals surface area contributed by atoms with Crippen LogP contribution in [0.4, 0.5) is 5.69 Å². The molecular formula is C14H14N2O5S. The second kappa shape index (κ2) is 6.52. The van der Waals surface area contributed by atoms with Gasteiger partial charge in [0.15, 0.2) is 9.84 Å². The molecule has 0 amide bonds. The Labute approximate surface area is 127 Å². The molecule has 1 aromatic heterocycles. The molecule has 8 heteroatoms. The summed E-state index contributed by atoms with van der Waals surface area (Å²) in [5.74, 6) is -0.547. The molecule has 1 aromatic carbocycles. The molecule has 0 aliphatic rings. The molecule has 0 fully saturated rings. The van der Waals surface area contributed by atoms with Crippen LogP contribution in [-0.2, 0) is 15.6 Å². The van der Waals surface area contributed by atoms with Gasteiger partial charge in [0.25, 0.3) is 0 Å². The molecule has 1 heterocycles. The zero-order valence-electron chi connectivity index (χ0n) is 11.8. The first-order valence-electron chi connectivity index (χ1n) is 6.48. The highest BCUT2D eigenvalue weighted by Crippen LogP contribution is 2.31. The second-order valence-electron chi connectivity index (χ2n) is 4.37. The third-order valence-corrected chi connectivity index (χ3v) is 4.52. The average molecular weight is 322 g/mol. The third kappa shape index (κ3) is 3.40. The van der Waals surface area contributed by atoms with Crippen molar-refractivity contribution in [3.63, 3.8) is 0 Å². The molecule has 0 saturated heterocycles. The lowest BCUT2D eigenvalue weighted by atomic mass is 10.3. The molecule has 0 atom stereocenters. The van der Waals surface area contributed by atoms with Crippen molar-refractivity contribution in [3.05, 3.63) is 58.4 Å². The molecule has 0 unspecified atom stereocenters. The van der Waals surface area contributed by atoms with E-state index in [9.17, 15) is 18.5 Å². The van der Waals surface area contributed by atoms with Crippen LogP contribution in [0.25, 0.3) is 0 Å². The minimum Gasteiger partial charge on any atom is -0.487 e. The first kappa shape index (κ1) is 15.9. The Bertz CT molecular complexity index is 775. The van der Waals surface area contributed by atoms with Crippen LogP contribution < -0.4 is 4.74 Å². The van der Waals surface area contributed by atoms with Crippen molar-refractivity contribution in [2.24, 2.45) is 0 Å². The summed E-state index contributed by atoms with van der Waals surface area (Å²) >= 11 is 0. The summed E-state index contributed by atoms with van der Waals surface area (Å²) in [6, 6.07) is 9.09. The van der Waals surface area contributed by atoms with Crippen molar-refractivity contribution < 1.29 is 18.1 Å². The van der Waals surface area contributed by atoms with Crippen molar-refractivity contribution in [3.8, 4) is 5.75 Å². The zero-order chi connectivity index (χ0) is 16.2. The number of benzene rings is 1. The summed E-state index contributed by atoms with van der Waals surface area (Å²) in [6.45, 7) is 1.92. The van der Waals surface area contributed by atoms with Gasteiger partial charge in [0.2, 0.25) is 5.75 Å². The maximum atomic E-state index is 12.3. The molecule has 2 aromatic rings. The van der Waals surface area contributed by atoms with E-state index < -0.39 is 26.2 Å². The highest BCUT2D eigenvalue weighted by atomic mass is 32.2. The Morgan fingerprint density at radius 1 is 1.23 bits per heavy atom. The van der Waals surface area contributed by atoms with E-state index in [0.717, 1.165) is 0 Å². The molecule has 0 bridgehead atoms. The summed E-state index contributed by atoms with van der Waals surface area (Å²) in [7, 11) is -3.72. The fourth-order valence-electron chi connectivity index (χ4n) is 1.94. The molecular weight excluding hydrogens is 308 g/mol. The number of rotatable bonds is 6. The summed E-state index contributed by atoms with van der Waals surface area (Å²) in [6.07, 6.45) is 1.30. The summed E-state index contributed by atoms with van der Waals surface area (Å²) in [5.41, 5.74) is -0.552. The van der Waals surface area contributed by atoms with Crippen LogP contribution in [0.1, 0.15) is 12.6 Å². The molecule has 0 spiro atoms. The second-order valence-corrected chi connectivity index (χ2v) is 6.36. The Morgan fingerprint density at radius 3 is 2.50 bits per heavy atom. The lowest BCUT2D eigenvalue weighted by molar-refractivity contribution is -0.386. The zero-order valence-corrected chi connectivity index (χ0v) is 12.6. The predicted molar refractivity (Wildman–Crippen MR) is 79.4 cm³/mol. The van der Waals surface area contributed by atoms with E-state index in [4.69, 9.17) is 4.74 Å². The van der Waals surface area contributed by atoms with E-state index in [2.05, 4.69) is 4.98 Å². The number of ether oxygens (including phenoxy) is 1. The molecule has 0 saturated carbocycles. The molecule has 0 aliphatic heterocycles. The van der Waals surface area contributed by atoms with Gasteiger partial charge < -0.3 is 4.74 Å². The van der Waals surface area contributed by atoms with E-state index in [1.807, 2.05) is 0 Å². The lowest BCUT2D eigenvalue weighted by Crippen LogP contribution is -2.10. The Morgan fingerprint density at radius 2 is 1.91 bits per heavy atom. The van der Waals surface area contributed by atoms with Gasteiger partial charge in [-0.2, -0.15) is 0 Å².